The maximum absolute atomic E-state index is 5.65. The van der Waals surface area contributed by atoms with Crippen molar-refractivity contribution in [3.8, 4) is 6.01 Å². The SMILES string of the molecule is Cc1cc(C)nc(O[C@@H]2CCNC2)n1. The highest BCUT2D eigenvalue weighted by molar-refractivity contribution is 5.11. The number of hydrogen-bond acceptors (Lipinski definition) is 4. The van der Waals surface area contributed by atoms with E-state index < -0.39 is 0 Å². The van der Waals surface area contributed by atoms with Gasteiger partial charge in [0, 0.05) is 17.9 Å². The summed E-state index contributed by atoms with van der Waals surface area (Å²) in [4.78, 5) is 8.47. The molecule has 1 aliphatic rings. The molecule has 0 amide bonds. The van der Waals surface area contributed by atoms with Crippen LogP contribution >= 0.6 is 0 Å². The minimum atomic E-state index is 0.233. The lowest BCUT2D eigenvalue weighted by Crippen LogP contribution is -2.20. The summed E-state index contributed by atoms with van der Waals surface area (Å²) in [5.74, 6) is 0. The molecule has 2 rings (SSSR count). The topological polar surface area (TPSA) is 47.0 Å². The van der Waals surface area contributed by atoms with Crippen molar-refractivity contribution in [1.29, 1.82) is 0 Å². The molecule has 1 aromatic heterocycles. The van der Waals surface area contributed by atoms with Gasteiger partial charge in [-0.25, -0.2) is 9.97 Å². The first kappa shape index (κ1) is 9.40. The molecule has 0 unspecified atom stereocenters. The molecule has 1 atom stereocenters. The van der Waals surface area contributed by atoms with E-state index in [2.05, 4.69) is 15.3 Å². The van der Waals surface area contributed by atoms with Crippen molar-refractivity contribution in [3.63, 3.8) is 0 Å². The summed E-state index contributed by atoms with van der Waals surface area (Å²) in [6, 6.07) is 2.45. The molecule has 1 aliphatic heterocycles. The van der Waals surface area contributed by atoms with Crippen LogP contribution in [0.4, 0.5) is 0 Å². The summed E-state index contributed by atoms with van der Waals surface area (Å²) < 4.78 is 5.65. The lowest BCUT2D eigenvalue weighted by Gasteiger charge is -2.10. The zero-order valence-corrected chi connectivity index (χ0v) is 8.58. The van der Waals surface area contributed by atoms with E-state index in [-0.39, 0.29) is 6.10 Å². The van der Waals surface area contributed by atoms with Gasteiger partial charge in [-0.1, -0.05) is 0 Å². The van der Waals surface area contributed by atoms with Crippen LogP contribution in [0.5, 0.6) is 6.01 Å². The number of aryl methyl sites for hydroxylation is 2. The second-order valence-electron chi connectivity index (χ2n) is 3.67. The summed E-state index contributed by atoms with van der Waals surface area (Å²) in [5.41, 5.74) is 1.91. The van der Waals surface area contributed by atoms with Crippen molar-refractivity contribution < 1.29 is 4.74 Å². The quantitative estimate of drug-likeness (QED) is 0.756. The molecule has 14 heavy (non-hydrogen) atoms. The largest absolute Gasteiger partial charge is 0.459 e. The molecule has 0 aliphatic carbocycles. The molecular formula is C10H15N3O. The van der Waals surface area contributed by atoms with Gasteiger partial charge in [0.05, 0.1) is 0 Å². The maximum Gasteiger partial charge on any atom is 0.317 e. The van der Waals surface area contributed by atoms with Crippen molar-refractivity contribution in [1.82, 2.24) is 15.3 Å². The first-order valence-corrected chi connectivity index (χ1v) is 4.94. The highest BCUT2D eigenvalue weighted by atomic mass is 16.5. The third-order valence-electron chi connectivity index (χ3n) is 2.25. The first-order chi connectivity index (χ1) is 6.74. The Balaban J connectivity index is 2.07. The van der Waals surface area contributed by atoms with Crippen molar-refractivity contribution in [2.24, 2.45) is 0 Å². The Morgan fingerprint density at radius 2 is 2.07 bits per heavy atom. The second kappa shape index (κ2) is 3.92. The Bertz CT molecular complexity index is 301. The highest BCUT2D eigenvalue weighted by Crippen LogP contribution is 2.11. The molecule has 0 saturated carbocycles. The Hall–Kier alpha value is -1.16. The van der Waals surface area contributed by atoms with Crippen molar-refractivity contribution >= 4 is 0 Å². The van der Waals surface area contributed by atoms with E-state index in [0.717, 1.165) is 30.9 Å². The molecule has 1 fully saturated rings. The molecule has 0 radical (unpaired) electrons. The second-order valence-corrected chi connectivity index (χ2v) is 3.67. The maximum atomic E-state index is 5.65. The van der Waals surface area contributed by atoms with Crippen LogP contribution in [0.1, 0.15) is 17.8 Å². The minimum absolute atomic E-state index is 0.233. The Morgan fingerprint density at radius 1 is 1.36 bits per heavy atom. The molecule has 4 nitrogen and oxygen atoms in total. The number of nitrogens with zero attached hydrogens (tertiary/aromatic N) is 2. The van der Waals surface area contributed by atoms with Crippen LogP contribution in [-0.4, -0.2) is 29.2 Å². The van der Waals surface area contributed by atoms with Gasteiger partial charge in [0.15, 0.2) is 0 Å². The van der Waals surface area contributed by atoms with E-state index in [1.807, 2.05) is 19.9 Å². The Labute approximate surface area is 83.7 Å². The zero-order valence-electron chi connectivity index (χ0n) is 8.58. The van der Waals surface area contributed by atoms with Crippen LogP contribution < -0.4 is 10.1 Å². The lowest BCUT2D eigenvalue weighted by atomic mass is 10.3. The van der Waals surface area contributed by atoms with Gasteiger partial charge in [0.1, 0.15) is 6.10 Å². The van der Waals surface area contributed by atoms with Gasteiger partial charge in [0.25, 0.3) is 0 Å². The lowest BCUT2D eigenvalue weighted by molar-refractivity contribution is 0.203. The van der Waals surface area contributed by atoms with E-state index in [1.54, 1.807) is 0 Å². The fraction of sp³-hybridized carbons (Fsp3) is 0.600. The third kappa shape index (κ3) is 2.20. The number of ether oxygens (including phenoxy) is 1. The first-order valence-electron chi connectivity index (χ1n) is 4.94. The molecule has 0 aromatic carbocycles. The minimum Gasteiger partial charge on any atom is -0.459 e. The van der Waals surface area contributed by atoms with Gasteiger partial charge in [0.2, 0.25) is 0 Å². The molecule has 76 valence electrons. The summed E-state index contributed by atoms with van der Waals surface area (Å²) >= 11 is 0. The van der Waals surface area contributed by atoms with Gasteiger partial charge in [-0.2, -0.15) is 0 Å². The molecule has 1 N–H and O–H groups in total. The van der Waals surface area contributed by atoms with Crippen molar-refractivity contribution in [2.45, 2.75) is 26.4 Å². The van der Waals surface area contributed by atoms with Gasteiger partial charge < -0.3 is 10.1 Å². The van der Waals surface area contributed by atoms with Crippen LogP contribution in [0.3, 0.4) is 0 Å². The van der Waals surface area contributed by atoms with E-state index in [9.17, 15) is 0 Å². The van der Waals surface area contributed by atoms with E-state index in [4.69, 9.17) is 4.74 Å². The average molecular weight is 193 g/mol. The fourth-order valence-corrected chi connectivity index (χ4v) is 1.62. The smallest absolute Gasteiger partial charge is 0.317 e. The molecule has 0 bridgehead atoms. The molecule has 4 heteroatoms. The molecular weight excluding hydrogens is 178 g/mol. The van der Waals surface area contributed by atoms with E-state index >= 15 is 0 Å². The number of aromatic nitrogens is 2. The van der Waals surface area contributed by atoms with Crippen LogP contribution in [0.25, 0.3) is 0 Å². The van der Waals surface area contributed by atoms with Gasteiger partial charge in [-0.15, -0.1) is 0 Å². The van der Waals surface area contributed by atoms with Crippen molar-refractivity contribution in [2.75, 3.05) is 13.1 Å². The van der Waals surface area contributed by atoms with Crippen LogP contribution in [0, 0.1) is 13.8 Å². The fourth-order valence-electron chi connectivity index (χ4n) is 1.62. The molecule has 0 spiro atoms. The number of rotatable bonds is 2. The monoisotopic (exact) mass is 193 g/mol. The molecule has 2 heterocycles. The van der Waals surface area contributed by atoms with Crippen molar-refractivity contribution in [3.05, 3.63) is 17.5 Å². The van der Waals surface area contributed by atoms with Crippen LogP contribution in [0.15, 0.2) is 6.07 Å². The van der Waals surface area contributed by atoms with Gasteiger partial charge in [-0.05, 0) is 32.9 Å². The predicted octanol–water partition coefficient (Wildman–Crippen LogP) is 0.834. The Morgan fingerprint density at radius 3 is 2.64 bits per heavy atom. The summed E-state index contributed by atoms with van der Waals surface area (Å²) in [7, 11) is 0. The average Bonchev–Trinajstić information content (AvgIpc) is 2.54. The van der Waals surface area contributed by atoms with Gasteiger partial charge in [-0.3, -0.25) is 0 Å². The number of hydrogen-bond donors (Lipinski definition) is 1. The van der Waals surface area contributed by atoms with E-state index in [1.165, 1.54) is 0 Å². The summed E-state index contributed by atoms with van der Waals surface area (Å²) in [5, 5.41) is 3.24. The third-order valence-corrected chi connectivity index (χ3v) is 2.25. The van der Waals surface area contributed by atoms with Crippen LogP contribution in [0.2, 0.25) is 0 Å². The summed E-state index contributed by atoms with van der Waals surface area (Å²) in [6.45, 7) is 5.83. The van der Waals surface area contributed by atoms with E-state index in [0.29, 0.717) is 6.01 Å². The van der Waals surface area contributed by atoms with Gasteiger partial charge >= 0.3 is 6.01 Å². The van der Waals surface area contributed by atoms with Crippen LogP contribution in [-0.2, 0) is 0 Å². The standard InChI is InChI=1S/C10H15N3O/c1-7-5-8(2)13-10(12-7)14-9-3-4-11-6-9/h5,9,11H,3-4,6H2,1-2H3/t9-/m1/s1. The predicted molar refractivity (Wildman–Crippen MR) is 53.4 cm³/mol. The molecule has 1 saturated heterocycles. The zero-order chi connectivity index (χ0) is 9.97. The normalized spacial score (nSPS) is 21.1. The highest BCUT2D eigenvalue weighted by Gasteiger charge is 2.17. The number of nitrogens with one attached hydrogen (secondary N) is 1. The Kier molecular flexibility index (Phi) is 2.63. The molecule has 1 aromatic rings. The summed E-state index contributed by atoms with van der Waals surface area (Å²) in [6.07, 6.45) is 1.27.